The third kappa shape index (κ3) is 2.34. The Balaban J connectivity index is 2.03. The number of ether oxygens (including phenoxy) is 3. The van der Waals surface area contributed by atoms with Crippen molar-refractivity contribution in [3.05, 3.63) is 59.7 Å². The van der Waals surface area contributed by atoms with Crippen LogP contribution in [0.25, 0.3) is 28.0 Å². The summed E-state index contributed by atoms with van der Waals surface area (Å²) in [7, 11) is 4.78. The average Bonchev–Trinajstić information content (AvgIpc) is 2.69. The van der Waals surface area contributed by atoms with Crippen LogP contribution in [0, 0.1) is 0 Å². The van der Waals surface area contributed by atoms with E-state index in [0.717, 1.165) is 33.0 Å². The monoisotopic (exact) mass is 346 g/mol. The lowest BCUT2D eigenvalue weighted by Gasteiger charge is -2.17. The van der Waals surface area contributed by atoms with E-state index in [1.54, 1.807) is 27.4 Å². The van der Waals surface area contributed by atoms with Crippen molar-refractivity contribution >= 4 is 22.6 Å². The molecule has 0 fully saturated rings. The van der Waals surface area contributed by atoms with E-state index >= 15 is 0 Å². The van der Waals surface area contributed by atoms with Crippen LogP contribution in [-0.2, 0) is 0 Å². The molecule has 0 radical (unpaired) electrons. The van der Waals surface area contributed by atoms with E-state index in [1.165, 1.54) is 0 Å². The molecular weight excluding hydrogens is 328 g/mol. The highest BCUT2D eigenvalue weighted by molar-refractivity contribution is 6.21. The molecule has 0 unspecified atom stereocenters. The minimum absolute atomic E-state index is 0.0325. The lowest BCUT2D eigenvalue weighted by atomic mass is 9.88. The van der Waals surface area contributed by atoms with Crippen LogP contribution in [0.1, 0.15) is 15.9 Å². The Morgan fingerprint density at radius 1 is 0.769 bits per heavy atom. The zero-order chi connectivity index (χ0) is 18.3. The first kappa shape index (κ1) is 16.2. The topological polar surface area (TPSA) is 44.8 Å². The number of hydrogen-bond acceptors (Lipinski definition) is 4. The molecule has 0 aliphatic heterocycles. The Morgan fingerprint density at radius 2 is 1.46 bits per heavy atom. The normalized spacial score (nSPS) is 12.3. The van der Waals surface area contributed by atoms with Gasteiger partial charge in [0.05, 0.1) is 21.3 Å². The molecular formula is C22H18O4. The van der Waals surface area contributed by atoms with Crippen LogP contribution >= 0.6 is 0 Å². The van der Waals surface area contributed by atoms with Crippen molar-refractivity contribution in [2.75, 3.05) is 21.3 Å². The number of allylic oxidation sites excluding steroid dienone is 1. The molecule has 0 saturated carbocycles. The summed E-state index contributed by atoms with van der Waals surface area (Å²) in [5.41, 5.74) is 3.72. The average molecular weight is 346 g/mol. The molecule has 26 heavy (non-hydrogen) atoms. The first-order chi connectivity index (χ1) is 12.7. The van der Waals surface area contributed by atoms with Crippen molar-refractivity contribution < 1.29 is 19.0 Å². The van der Waals surface area contributed by atoms with Crippen molar-refractivity contribution in [1.29, 1.82) is 0 Å². The Bertz CT molecular complexity index is 1040. The number of methoxy groups -OCH3 is 3. The first-order valence-electron chi connectivity index (χ1n) is 8.26. The van der Waals surface area contributed by atoms with Gasteiger partial charge in [-0.1, -0.05) is 30.3 Å². The zero-order valence-electron chi connectivity index (χ0n) is 14.8. The van der Waals surface area contributed by atoms with Gasteiger partial charge in [-0.05, 0) is 46.4 Å². The largest absolute Gasteiger partial charge is 0.493 e. The smallest absolute Gasteiger partial charge is 0.203 e. The molecule has 3 aromatic carbocycles. The quantitative estimate of drug-likeness (QED) is 0.684. The first-order valence-corrected chi connectivity index (χ1v) is 8.26. The van der Waals surface area contributed by atoms with Crippen LogP contribution in [0.5, 0.6) is 17.2 Å². The van der Waals surface area contributed by atoms with Gasteiger partial charge in [-0.2, -0.15) is 0 Å². The summed E-state index contributed by atoms with van der Waals surface area (Å²) >= 11 is 0. The molecule has 4 nitrogen and oxygen atoms in total. The number of carbonyl (C=O) groups excluding carboxylic acids is 1. The van der Waals surface area contributed by atoms with Gasteiger partial charge in [0, 0.05) is 10.9 Å². The van der Waals surface area contributed by atoms with Crippen LogP contribution < -0.4 is 14.2 Å². The third-order valence-electron chi connectivity index (χ3n) is 4.73. The highest BCUT2D eigenvalue weighted by Crippen LogP contribution is 2.43. The Hall–Kier alpha value is -3.27. The van der Waals surface area contributed by atoms with Gasteiger partial charge in [-0.15, -0.1) is 0 Å². The van der Waals surface area contributed by atoms with E-state index in [4.69, 9.17) is 14.2 Å². The Morgan fingerprint density at radius 3 is 2.12 bits per heavy atom. The minimum Gasteiger partial charge on any atom is -0.493 e. The molecule has 130 valence electrons. The molecule has 1 aliphatic carbocycles. The van der Waals surface area contributed by atoms with Gasteiger partial charge in [0.25, 0.3) is 0 Å². The Kier molecular flexibility index (Phi) is 3.88. The van der Waals surface area contributed by atoms with Crippen LogP contribution in [0.4, 0.5) is 0 Å². The SMILES string of the molecule is COc1cc(-c2ccc3c4c(cccc24)C=CC3=O)cc(OC)c1OC. The number of ketones is 1. The standard InChI is InChI=1S/C22H18O4/c1-24-19-11-14(12-20(25-2)22(19)26-3)15-8-9-17-18(23)10-7-13-5-4-6-16(15)21(13)17/h4-12H,1-3H3. The molecule has 0 amide bonds. The van der Waals surface area contributed by atoms with Gasteiger partial charge < -0.3 is 14.2 Å². The lowest BCUT2D eigenvalue weighted by Crippen LogP contribution is -2.02. The molecule has 0 heterocycles. The number of carbonyl (C=O) groups is 1. The second-order valence-electron chi connectivity index (χ2n) is 6.04. The summed E-state index contributed by atoms with van der Waals surface area (Å²) in [6.07, 6.45) is 3.49. The van der Waals surface area contributed by atoms with E-state index in [-0.39, 0.29) is 5.78 Å². The zero-order valence-corrected chi connectivity index (χ0v) is 14.8. The van der Waals surface area contributed by atoms with Crippen molar-refractivity contribution in [2.24, 2.45) is 0 Å². The molecule has 0 N–H and O–H groups in total. The highest BCUT2D eigenvalue weighted by Gasteiger charge is 2.19. The summed E-state index contributed by atoms with van der Waals surface area (Å²) < 4.78 is 16.4. The van der Waals surface area contributed by atoms with Gasteiger partial charge in [0.2, 0.25) is 5.75 Å². The van der Waals surface area contributed by atoms with E-state index < -0.39 is 0 Å². The maximum atomic E-state index is 12.3. The van der Waals surface area contributed by atoms with Gasteiger partial charge in [0.15, 0.2) is 17.3 Å². The highest BCUT2D eigenvalue weighted by atomic mass is 16.5. The van der Waals surface area contributed by atoms with E-state index in [9.17, 15) is 4.79 Å². The fraction of sp³-hybridized carbons (Fsp3) is 0.136. The second kappa shape index (κ2) is 6.23. The van der Waals surface area contributed by atoms with Gasteiger partial charge >= 0.3 is 0 Å². The van der Waals surface area contributed by atoms with Crippen LogP contribution in [0.3, 0.4) is 0 Å². The van der Waals surface area contributed by atoms with Crippen LogP contribution in [0.2, 0.25) is 0 Å². The van der Waals surface area contributed by atoms with Gasteiger partial charge in [-0.25, -0.2) is 0 Å². The fourth-order valence-corrected chi connectivity index (χ4v) is 3.52. The second-order valence-corrected chi connectivity index (χ2v) is 6.04. The number of rotatable bonds is 4. The lowest BCUT2D eigenvalue weighted by molar-refractivity contribution is 0.104. The maximum absolute atomic E-state index is 12.3. The molecule has 1 aliphatic rings. The number of hydrogen-bond donors (Lipinski definition) is 0. The van der Waals surface area contributed by atoms with Crippen molar-refractivity contribution in [2.45, 2.75) is 0 Å². The molecule has 0 bridgehead atoms. The van der Waals surface area contributed by atoms with Gasteiger partial charge in [0.1, 0.15) is 0 Å². The predicted molar refractivity (Wildman–Crippen MR) is 102 cm³/mol. The van der Waals surface area contributed by atoms with Crippen molar-refractivity contribution in [3.8, 4) is 28.4 Å². The summed E-state index contributed by atoms with van der Waals surface area (Å²) in [6, 6.07) is 13.8. The van der Waals surface area contributed by atoms with Crippen molar-refractivity contribution in [3.63, 3.8) is 0 Å². The molecule has 3 aromatic rings. The van der Waals surface area contributed by atoms with E-state index in [2.05, 4.69) is 0 Å². The summed E-state index contributed by atoms with van der Waals surface area (Å²) in [4.78, 5) is 12.3. The molecule has 0 aromatic heterocycles. The minimum atomic E-state index is 0.0325. The van der Waals surface area contributed by atoms with Crippen LogP contribution in [-0.4, -0.2) is 27.1 Å². The molecule has 0 atom stereocenters. The van der Waals surface area contributed by atoms with Gasteiger partial charge in [-0.3, -0.25) is 4.79 Å². The molecule has 4 heteroatoms. The van der Waals surface area contributed by atoms with E-state index in [0.29, 0.717) is 17.2 Å². The summed E-state index contributed by atoms with van der Waals surface area (Å²) in [6.45, 7) is 0. The Labute approximate surface area is 151 Å². The molecule has 4 rings (SSSR count). The van der Waals surface area contributed by atoms with Crippen LogP contribution in [0.15, 0.2) is 48.5 Å². The molecule has 0 saturated heterocycles. The van der Waals surface area contributed by atoms with E-state index in [1.807, 2.05) is 48.5 Å². The fourth-order valence-electron chi connectivity index (χ4n) is 3.52. The molecule has 0 spiro atoms. The number of benzene rings is 3. The van der Waals surface area contributed by atoms with Crippen molar-refractivity contribution in [1.82, 2.24) is 0 Å². The third-order valence-corrected chi connectivity index (χ3v) is 4.73. The summed E-state index contributed by atoms with van der Waals surface area (Å²) in [5, 5.41) is 2.00. The predicted octanol–water partition coefficient (Wildman–Crippen LogP) is 4.74. The maximum Gasteiger partial charge on any atom is 0.203 e. The summed E-state index contributed by atoms with van der Waals surface area (Å²) in [5.74, 6) is 1.78.